The Labute approximate surface area is 153 Å². The largest absolute Gasteiger partial charge is 0.347 e. The Balaban J connectivity index is 1.61. The minimum atomic E-state index is -0.138. The van der Waals surface area contributed by atoms with Gasteiger partial charge in [0.2, 0.25) is 5.91 Å². The molecule has 5 nitrogen and oxygen atoms in total. The summed E-state index contributed by atoms with van der Waals surface area (Å²) in [6, 6.07) is 14.0. The zero-order chi connectivity index (χ0) is 17.8. The standard InChI is InChI=1S/C21H24N4O/c26-21(16-10-5-2-6-11-16)23-18(14-15-8-3-1-4-9-15)19-17-12-7-13-22-20(17)25-24-19/h1,3-4,7-9,12-13,16,18H,2,5-6,10-11,14H2,(H,23,26)(H,22,24,25). The predicted octanol–water partition coefficient (Wildman–Crippen LogP) is 3.94. The molecule has 1 saturated carbocycles. The van der Waals surface area contributed by atoms with Crippen LogP contribution in [0.15, 0.2) is 48.7 Å². The summed E-state index contributed by atoms with van der Waals surface area (Å²) in [6.45, 7) is 0. The molecule has 2 heterocycles. The number of carbonyl (C=O) groups is 1. The van der Waals surface area contributed by atoms with Crippen molar-refractivity contribution >= 4 is 16.9 Å². The van der Waals surface area contributed by atoms with Gasteiger partial charge in [-0.3, -0.25) is 9.89 Å². The SMILES string of the molecule is O=C(NC(Cc1ccccc1)c1[nH]nc2ncccc12)C1CCCCC1. The summed E-state index contributed by atoms with van der Waals surface area (Å²) in [5.74, 6) is 0.298. The number of hydrogen-bond acceptors (Lipinski definition) is 3. The second kappa shape index (κ2) is 7.68. The average molecular weight is 348 g/mol. The second-order valence-corrected chi connectivity index (χ2v) is 7.10. The van der Waals surface area contributed by atoms with Crippen molar-refractivity contribution in [3.8, 4) is 0 Å². The lowest BCUT2D eigenvalue weighted by Crippen LogP contribution is -2.36. The van der Waals surface area contributed by atoms with E-state index in [2.05, 4.69) is 32.6 Å². The summed E-state index contributed by atoms with van der Waals surface area (Å²) in [5.41, 5.74) is 2.81. The maximum Gasteiger partial charge on any atom is 0.223 e. The maximum absolute atomic E-state index is 12.9. The van der Waals surface area contributed by atoms with E-state index in [1.165, 1.54) is 12.0 Å². The van der Waals surface area contributed by atoms with E-state index in [1.807, 2.05) is 30.3 Å². The first-order valence-corrected chi connectivity index (χ1v) is 9.44. The monoisotopic (exact) mass is 348 g/mol. The summed E-state index contributed by atoms with van der Waals surface area (Å²) in [6.07, 6.45) is 8.00. The molecule has 0 bridgehead atoms. The molecule has 0 spiro atoms. The number of nitrogens with zero attached hydrogens (tertiary/aromatic N) is 2. The van der Waals surface area contributed by atoms with E-state index in [4.69, 9.17) is 0 Å². The van der Waals surface area contributed by atoms with Crippen LogP contribution in [0, 0.1) is 5.92 Å². The Hall–Kier alpha value is -2.69. The molecule has 5 heteroatoms. The van der Waals surface area contributed by atoms with Gasteiger partial charge in [0.1, 0.15) is 0 Å². The highest BCUT2D eigenvalue weighted by atomic mass is 16.1. The van der Waals surface area contributed by atoms with E-state index in [1.54, 1.807) is 6.20 Å². The molecule has 0 saturated heterocycles. The van der Waals surface area contributed by atoms with Crippen LogP contribution >= 0.6 is 0 Å². The first-order chi connectivity index (χ1) is 12.8. The van der Waals surface area contributed by atoms with Gasteiger partial charge in [0, 0.05) is 17.5 Å². The number of carbonyl (C=O) groups excluding carboxylic acids is 1. The fraction of sp³-hybridized carbons (Fsp3) is 0.381. The van der Waals surface area contributed by atoms with Gasteiger partial charge in [-0.25, -0.2) is 4.98 Å². The first kappa shape index (κ1) is 16.8. The fourth-order valence-corrected chi connectivity index (χ4v) is 3.86. The Morgan fingerprint density at radius 1 is 1.12 bits per heavy atom. The van der Waals surface area contributed by atoms with Crippen molar-refractivity contribution in [1.82, 2.24) is 20.5 Å². The summed E-state index contributed by atoms with van der Waals surface area (Å²) >= 11 is 0. The number of nitrogens with one attached hydrogen (secondary N) is 2. The van der Waals surface area contributed by atoms with Gasteiger partial charge < -0.3 is 5.32 Å². The molecular weight excluding hydrogens is 324 g/mol. The Kier molecular flexibility index (Phi) is 4.95. The van der Waals surface area contributed by atoms with Gasteiger partial charge in [-0.1, -0.05) is 49.6 Å². The molecule has 2 N–H and O–H groups in total. The number of pyridine rings is 1. The Morgan fingerprint density at radius 2 is 1.92 bits per heavy atom. The summed E-state index contributed by atoms with van der Waals surface area (Å²) < 4.78 is 0. The van der Waals surface area contributed by atoms with Crippen molar-refractivity contribution < 1.29 is 4.79 Å². The molecule has 1 aliphatic carbocycles. The zero-order valence-electron chi connectivity index (χ0n) is 14.8. The quantitative estimate of drug-likeness (QED) is 0.734. The first-order valence-electron chi connectivity index (χ1n) is 9.44. The Morgan fingerprint density at radius 3 is 2.73 bits per heavy atom. The van der Waals surface area contributed by atoms with Crippen LogP contribution in [0.2, 0.25) is 0 Å². The number of rotatable bonds is 5. The van der Waals surface area contributed by atoms with E-state index in [-0.39, 0.29) is 17.9 Å². The molecule has 0 aliphatic heterocycles. The molecule has 26 heavy (non-hydrogen) atoms. The van der Waals surface area contributed by atoms with E-state index < -0.39 is 0 Å². The highest BCUT2D eigenvalue weighted by molar-refractivity contribution is 5.82. The molecule has 1 unspecified atom stereocenters. The van der Waals surface area contributed by atoms with Crippen LogP contribution in [0.3, 0.4) is 0 Å². The van der Waals surface area contributed by atoms with Crippen LogP contribution in [0.25, 0.3) is 11.0 Å². The van der Waals surface area contributed by atoms with Gasteiger partial charge in [-0.15, -0.1) is 0 Å². The van der Waals surface area contributed by atoms with Gasteiger partial charge in [0.05, 0.1) is 11.7 Å². The molecule has 2 aromatic heterocycles. The van der Waals surface area contributed by atoms with Crippen molar-refractivity contribution in [3.05, 3.63) is 59.9 Å². The highest BCUT2D eigenvalue weighted by Gasteiger charge is 2.26. The lowest BCUT2D eigenvalue weighted by Gasteiger charge is -2.25. The topological polar surface area (TPSA) is 70.7 Å². The molecule has 134 valence electrons. The predicted molar refractivity (Wildman–Crippen MR) is 101 cm³/mol. The van der Waals surface area contributed by atoms with Crippen LogP contribution in [0.4, 0.5) is 0 Å². The molecule has 1 atom stereocenters. The second-order valence-electron chi connectivity index (χ2n) is 7.10. The number of aromatic amines is 1. The Bertz CT molecular complexity index is 868. The van der Waals surface area contributed by atoms with E-state index >= 15 is 0 Å². The molecule has 0 radical (unpaired) electrons. The van der Waals surface area contributed by atoms with Crippen LogP contribution in [-0.4, -0.2) is 21.1 Å². The van der Waals surface area contributed by atoms with Crippen molar-refractivity contribution in [2.24, 2.45) is 5.92 Å². The summed E-state index contributed by atoms with van der Waals surface area (Å²) in [5, 5.41) is 11.7. The lowest BCUT2D eigenvalue weighted by atomic mass is 9.88. The van der Waals surface area contributed by atoms with Crippen LogP contribution in [0.1, 0.15) is 49.4 Å². The number of amides is 1. The summed E-state index contributed by atoms with van der Waals surface area (Å²) in [7, 11) is 0. The van der Waals surface area contributed by atoms with Crippen LogP contribution in [0.5, 0.6) is 0 Å². The third-order valence-corrected chi connectivity index (χ3v) is 5.28. The van der Waals surface area contributed by atoms with E-state index in [0.717, 1.165) is 43.2 Å². The number of aromatic nitrogens is 3. The van der Waals surface area contributed by atoms with Gasteiger partial charge in [-0.2, -0.15) is 5.10 Å². The number of hydrogen-bond donors (Lipinski definition) is 2. The minimum Gasteiger partial charge on any atom is -0.347 e. The van der Waals surface area contributed by atoms with Crippen molar-refractivity contribution in [3.63, 3.8) is 0 Å². The number of benzene rings is 1. The third kappa shape index (κ3) is 3.62. The molecule has 1 amide bonds. The molecule has 3 aromatic rings. The zero-order valence-corrected chi connectivity index (χ0v) is 14.8. The fourth-order valence-electron chi connectivity index (χ4n) is 3.86. The molecular formula is C21H24N4O. The van der Waals surface area contributed by atoms with Crippen LogP contribution < -0.4 is 5.32 Å². The molecule has 1 fully saturated rings. The maximum atomic E-state index is 12.9. The molecule has 4 rings (SSSR count). The van der Waals surface area contributed by atoms with Crippen molar-refractivity contribution in [2.75, 3.05) is 0 Å². The van der Waals surface area contributed by atoms with Crippen LogP contribution in [-0.2, 0) is 11.2 Å². The highest BCUT2D eigenvalue weighted by Crippen LogP contribution is 2.27. The smallest absolute Gasteiger partial charge is 0.223 e. The molecule has 1 aromatic carbocycles. The number of fused-ring (bicyclic) bond motifs is 1. The normalized spacial score (nSPS) is 16.5. The van der Waals surface area contributed by atoms with Gasteiger partial charge >= 0.3 is 0 Å². The van der Waals surface area contributed by atoms with Crippen molar-refractivity contribution in [1.29, 1.82) is 0 Å². The van der Waals surface area contributed by atoms with E-state index in [9.17, 15) is 4.79 Å². The molecule has 1 aliphatic rings. The van der Waals surface area contributed by atoms with E-state index in [0.29, 0.717) is 5.65 Å². The van der Waals surface area contributed by atoms with Gasteiger partial charge in [0.15, 0.2) is 5.65 Å². The minimum absolute atomic E-state index is 0.134. The van der Waals surface area contributed by atoms with Gasteiger partial charge in [0.25, 0.3) is 0 Å². The number of H-pyrrole nitrogens is 1. The lowest BCUT2D eigenvalue weighted by molar-refractivity contribution is -0.126. The summed E-state index contributed by atoms with van der Waals surface area (Å²) in [4.78, 5) is 17.2. The third-order valence-electron chi connectivity index (χ3n) is 5.28. The average Bonchev–Trinajstić information content (AvgIpc) is 3.13. The van der Waals surface area contributed by atoms with Gasteiger partial charge in [-0.05, 0) is 37.0 Å². The van der Waals surface area contributed by atoms with Crippen molar-refractivity contribution in [2.45, 2.75) is 44.6 Å².